The minimum Gasteiger partial charge on any atom is -0.495 e. The van der Waals surface area contributed by atoms with Crippen LogP contribution in [0.1, 0.15) is 10.4 Å². The van der Waals surface area contributed by atoms with Gasteiger partial charge in [0, 0.05) is 37.0 Å². The SMILES string of the molecule is C=[N+](O)c1cccc(C(=O)NO)c1N1CCN(c2ccccc2OC)CC1. The van der Waals surface area contributed by atoms with Gasteiger partial charge in [-0.2, -0.15) is 0 Å². The normalized spacial score (nSPS) is 14.0. The Bertz CT molecular complexity index is 847. The third-order valence-corrected chi connectivity index (χ3v) is 4.66. The van der Waals surface area contributed by atoms with Gasteiger partial charge in [-0.1, -0.05) is 18.2 Å². The third kappa shape index (κ3) is 3.65. The van der Waals surface area contributed by atoms with Crippen LogP contribution in [0.2, 0.25) is 0 Å². The van der Waals surface area contributed by atoms with Crippen LogP contribution in [0.25, 0.3) is 0 Å². The maximum atomic E-state index is 12.1. The lowest BCUT2D eigenvalue weighted by molar-refractivity contribution is -0.706. The minimum absolute atomic E-state index is 0.267. The summed E-state index contributed by atoms with van der Waals surface area (Å²) in [5.74, 6) is 0.173. The van der Waals surface area contributed by atoms with Crippen LogP contribution in [-0.4, -0.2) is 61.1 Å². The molecule has 2 aromatic carbocycles. The molecule has 1 amide bonds. The number of benzene rings is 2. The van der Waals surface area contributed by atoms with E-state index in [1.165, 1.54) is 0 Å². The number of carbonyl (C=O) groups is 1. The van der Waals surface area contributed by atoms with E-state index >= 15 is 0 Å². The second-order valence-corrected chi connectivity index (χ2v) is 6.16. The summed E-state index contributed by atoms with van der Waals surface area (Å²) in [7, 11) is 1.65. The molecule has 1 heterocycles. The number of nitrogens with one attached hydrogen (secondary N) is 1. The highest BCUT2D eigenvalue weighted by Gasteiger charge is 2.29. The van der Waals surface area contributed by atoms with Crippen LogP contribution in [0.4, 0.5) is 17.1 Å². The average molecular weight is 371 g/mol. The van der Waals surface area contributed by atoms with Gasteiger partial charge in [-0.05, 0) is 18.2 Å². The van der Waals surface area contributed by atoms with Crippen molar-refractivity contribution >= 4 is 29.7 Å². The molecule has 1 saturated heterocycles. The molecule has 0 saturated carbocycles. The molecule has 8 nitrogen and oxygen atoms in total. The summed E-state index contributed by atoms with van der Waals surface area (Å²) >= 11 is 0. The number of anilines is 2. The highest BCUT2D eigenvalue weighted by atomic mass is 16.5. The zero-order chi connectivity index (χ0) is 19.4. The molecule has 1 aliphatic heterocycles. The van der Waals surface area contributed by atoms with Crippen molar-refractivity contribution in [1.29, 1.82) is 0 Å². The molecule has 27 heavy (non-hydrogen) atoms. The van der Waals surface area contributed by atoms with E-state index in [-0.39, 0.29) is 5.56 Å². The van der Waals surface area contributed by atoms with Crippen LogP contribution in [0, 0.1) is 0 Å². The van der Waals surface area contributed by atoms with E-state index in [9.17, 15) is 10.0 Å². The van der Waals surface area contributed by atoms with Crippen molar-refractivity contribution in [3.8, 4) is 5.75 Å². The molecule has 8 heteroatoms. The molecule has 1 aliphatic rings. The van der Waals surface area contributed by atoms with E-state index in [0.29, 0.717) is 37.6 Å². The number of nitrogens with zero attached hydrogens (tertiary/aromatic N) is 3. The van der Waals surface area contributed by atoms with E-state index in [1.54, 1.807) is 30.8 Å². The summed E-state index contributed by atoms with van der Waals surface area (Å²) in [6.07, 6.45) is 0. The van der Waals surface area contributed by atoms with Crippen LogP contribution >= 0.6 is 0 Å². The number of hydrogen-bond acceptors (Lipinski definition) is 6. The lowest BCUT2D eigenvalue weighted by Crippen LogP contribution is -2.47. The molecule has 0 atom stereocenters. The molecule has 2 aromatic rings. The Morgan fingerprint density at radius 2 is 1.78 bits per heavy atom. The van der Waals surface area contributed by atoms with E-state index in [0.717, 1.165) is 16.2 Å². The molecule has 0 unspecified atom stereocenters. The largest absolute Gasteiger partial charge is 0.495 e. The van der Waals surface area contributed by atoms with E-state index in [2.05, 4.69) is 11.6 Å². The number of methoxy groups -OCH3 is 1. The zero-order valence-electron chi connectivity index (χ0n) is 15.1. The number of hydrogen-bond donors (Lipinski definition) is 3. The van der Waals surface area contributed by atoms with Crippen molar-refractivity contribution in [3.05, 3.63) is 48.0 Å². The molecule has 0 bridgehead atoms. The Labute approximate surface area is 157 Å². The smallest absolute Gasteiger partial charge is 0.280 e. The lowest BCUT2D eigenvalue weighted by atomic mass is 10.1. The van der Waals surface area contributed by atoms with Crippen LogP contribution in [0.5, 0.6) is 5.75 Å². The second-order valence-electron chi connectivity index (χ2n) is 6.16. The Morgan fingerprint density at radius 1 is 1.11 bits per heavy atom. The first-order valence-corrected chi connectivity index (χ1v) is 8.56. The molecule has 0 radical (unpaired) electrons. The predicted molar refractivity (Wildman–Crippen MR) is 102 cm³/mol. The third-order valence-electron chi connectivity index (χ3n) is 4.66. The van der Waals surface area contributed by atoms with Gasteiger partial charge in [-0.25, -0.2) is 5.48 Å². The first kappa shape index (κ1) is 18.5. The quantitative estimate of drug-likeness (QED) is 0.245. The fraction of sp³-hybridized carbons (Fsp3) is 0.263. The van der Waals surface area contributed by atoms with Gasteiger partial charge in [-0.3, -0.25) is 15.2 Å². The van der Waals surface area contributed by atoms with Gasteiger partial charge >= 0.3 is 0 Å². The number of para-hydroxylation sites is 3. The summed E-state index contributed by atoms with van der Waals surface area (Å²) in [5, 5.41) is 18.9. The maximum absolute atomic E-state index is 12.1. The molecule has 142 valence electrons. The van der Waals surface area contributed by atoms with Crippen LogP contribution < -0.4 is 20.0 Å². The summed E-state index contributed by atoms with van der Waals surface area (Å²) < 4.78 is 6.17. The number of piperazine rings is 1. The molecule has 0 aromatic heterocycles. The van der Waals surface area contributed by atoms with Gasteiger partial charge in [0.1, 0.15) is 11.4 Å². The van der Waals surface area contributed by atoms with Gasteiger partial charge in [0.05, 0.1) is 18.4 Å². The van der Waals surface area contributed by atoms with E-state index in [1.807, 2.05) is 29.2 Å². The van der Waals surface area contributed by atoms with Crippen molar-refractivity contribution in [2.75, 3.05) is 43.1 Å². The first-order valence-electron chi connectivity index (χ1n) is 8.56. The molecule has 3 rings (SSSR count). The Balaban J connectivity index is 1.88. The summed E-state index contributed by atoms with van der Waals surface area (Å²) in [6, 6.07) is 12.7. The van der Waals surface area contributed by atoms with Gasteiger partial charge in [-0.15, -0.1) is 0 Å². The second kappa shape index (κ2) is 7.96. The topological polar surface area (TPSA) is 88.3 Å². The number of amides is 1. The number of rotatable bonds is 5. The van der Waals surface area contributed by atoms with Crippen LogP contribution in [-0.2, 0) is 0 Å². The Hall–Kier alpha value is -3.26. The maximum Gasteiger partial charge on any atom is 0.280 e. The monoisotopic (exact) mass is 371 g/mol. The molecular weight excluding hydrogens is 348 g/mol. The van der Waals surface area contributed by atoms with E-state index < -0.39 is 5.91 Å². The lowest BCUT2D eigenvalue weighted by Gasteiger charge is -2.38. The van der Waals surface area contributed by atoms with Gasteiger partial charge in [0.2, 0.25) is 0 Å². The molecule has 0 aliphatic carbocycles. The molecule has 1 fully saturated rings. The average Bonchev–Trinajstić information content (AvgIpc) is 2.72. The van der Waals surface area contributed by atoms with Gasteiger partial charge in [0.15, 0.2) is 6.72 Å². The van der Waals surface area contributed by atoms with Crippen molar-refractivity contribution in [3.63, 3.8) is 0 Å². The first-order chi connectivity index (χ1) is 13.1. The van der Waals surface area contributed by atoms with Crippen molar-refractivity contribution in [2.45, 2.75) is 0 Å². The molecule has 0 spiro atoms. The van der Waals surface area contributed by atoms with Crippen LogP contribution in [0.15, 0.2) is 42.5 Å². The minimum atomic E-state index is -0.638. The molecular formula is C19H23N4O4+. The predicted octanol–water partition coefficient (Wildman–Crippen LogP) is 1.87. The fourth-order valence-corrected chi connectivity index (χ4v) is 3.38. The van der Waals surface area contributed by atoms with Gasteiger partial charge in [0.25, 0.3) is 11.6 Å². The summed E-state index contributed by atoms with van der Waals surface area (Å²) in [6.45, 7) is 6.17. The number of carbonyl (C=O) groups excluding carboxylic acids is 1. The van der Waals surface area contributed by atoms with Crippen LogP contribution in [0.3, 0.4) is 0 Å². The van der Waals surface area contributed by atoms with E-state index in [4.69, 9.17) is 9.94 Å². The highest BCUT2D eigenvalue weighted by Crippen LogP contribution is 2.34. The summed E-state index contributed by atoms with van der Waals surface area (Å²) in [4.78, 5) is 16.3. The number of hydroxylamine groups is 1. The zero-order valence-corrected chi connectivity index (χ0v) is 15.1. The Kier molecular flexibility index (Phi) is 5.46. The fourth-order valence-electron chi connectivity index (χ4n) is 3.38. The Morgan fingerprint density at radius 3 is 2.41 bits per heavy atom. The highest BCUT2D eigenvalue weighted by molar-refractivity contribution is 6.01. The standard InChI is InChI=1S/C19H22N4O4/c1-21(26)16-8-5-6-14(19(24)20-25)18(16)23-12-10-22(11-13-23)15-7-3-4-9-17(15)27-2/h3-9H,1,10-13H2,2H3,(H2-,20,24,25,26)/p+1. The van der Waals surface area contributed by atoms with Crippen molar-refractivity contribution < 1.29 is 24.7 Å². The van der Waals surface area contributed by atoms with Gasteiger partial charge < -0.3 is 14.5 Å². The van der Waals surface area contributed by atoms with Crippen molar-refractivity contribution in [2.24, 2.45) is 0 Å². The molecule has 3 N–H and O–H groups in total. The number of ether oxygens (including phenoxy) is 1. The summed E-state index contributed by atoms with van der Waals surface area (Å²) in [5.41, 5.74) is 3.87. The van der Waals surface area contributed by atoms with Crippen molar-refractivity contribution in [1.82, 2.24) is 5.48 Å².